The van der Waals surface area contributed by atoms with E-state index in [1.807, 2.05) is 19.9 Å². The van der Waals surface area contributed by atoms with Gasteiger partial charge in [0.1, 0.15) is 0 Å². The van der Waals surface area contributed by atoms with Gasteiger partial charge in [-0.1, -0.05) is 6.07 Å². The first-order chi connectivity index (χ1) is 5.57. The summed E-state index contributed by atoms with van der Waals surface area (Å²) in [5.74, 6) is 0.597. The van der Waals surface area contributed by atoms with E-state index in [0.717, 1.165) is 28.1 Å². The van der Waals surface area contributed by atoms with Gasteiger partial charge in [-0.15, -0.1) is 0 Å². The van der Waals surface area contributed by atoms with E-state index in [4.69, 9.17) is 11.5 Å². The van der Waals surface area contributed by atoms with Crippen molar-refractivity contribution >= 4 is 24.0 Å². The van der Waals surface area contributed by atoms with Crippen molar-refractivity contribution in [3.63, 3.8) is 0 Å². The Morgan fingerprint density at radius 3 is 1.92 bits per heavy atom. The van der Waals surface area contributed by atoms with Gasteiger partial charge in [-0.3, -0.25) is 0 Å². The van der Waals surface area contributed by atoms with Crippen molar-refractivity contribution in [3.8, 4) is 0 Å². The normalized spacial score (nSPS) is 10.2. The summed E-state index contributed by atoms with van der Waals surface area (Å²) in [6.07, 6.45) is 0. The molecule has 0 aliphatic rings. The maximum Gasteiger partial charge on any atom is 0.0405 e. The smallest absolute Gasteiger partial charge is 0.0405 e. The number of anilines is 2. The van der Waals surface area contributed by atoms with E-state index in [1.54, 1.807) is 0 Å². The van der Waals surface area contributed by atoms with Crippen molar-refractivity contribution in [1.82, 2.24) is 0 Å². The third-order valence-corrected chi connectivity index (χ3v) is 2.41. The SMILES string of the molecule is Cc1cc(C)c(N)c(CS)c1N. The van der Waals surface area contributed by atoms with Gasteiger partial charge in [-0.25, -0.2) is 0 Å². The number of thiol groups is 1. The maximum atomic E-state index is 5.83. The molecule has 0 aromatic heterocycles. The van der Waals surface area contributed by atoms with Gasteiger partial charge in [0.25, 0.3) is 0 Å². The van der Waals surface area contributed by atoms with Gasteiger partial charge in [0.2, 0.25) is 0 Å². The summed E-state index contributed by atoms with van der Waals surface area (Å²) < 4.78 is 0. The van der Waals surface area contributed by atoms with E-state index in [2.05, 4.69) is 12.6 Å². The molecule has 0 bridgehead atoms. The molecule has 2 nitrogen and oxygen atoms in total. The largest absolute Gasteiger partial charge is 0.398 e. The minimum Gasteiger partial charge on any atom is -0.398 e. The Morgan fingerprint density at radius 1 is 1.17 bits per heavy atom. The lowest BCUT2D eigenvalue weighted by Gasteiger charge is -2.12. The zero-order chi connectivity index (χ0) is 9.30. The van der Waals surface area contributed by atoms with Crippen LogP contribution in [0.5, 0.6) is 0 Å². The number of hydrogen-bond acceptors (Lipinski definition) is 3. The van der Waals surface area contributed by atoms with Crippen molar-refractivity contribution in [2.75, 3.05) is 11.5 Å². The minimum absolute atomic E-state index is 0.597. The fraction of sp³-hybridized carbons (Fsp3) is 0.333. The number of nitrogens with two attached hydrogens (primary N) is 2. The maximum absolute atomic E-state index is 5.83. The zero-order valence-electron chi connectivity index (χ0n) is 7.39. The quantitative estimate of drug-likeness (QED) is 0.459. The van der Waals surface area contributed by atoms with Gasteiger partial charge in [-0.05, 0) is 25.0 Å². The van der Waals surface area contributed by atoms with E-state index in [9.17, 15) is 0 Å². The fourth-order valence-corrected chi connectivity index (χ4v) is 1.61. The van der Waals surface area contributed by atoms with Gasteiger partial charge in [0.15, 0.2) is 0 Å². The second kappa shape index (κ2) is 3.27. The molecule has 0 atom stereocenters. The molecule has 12 heavy (non-hydrogen) atoms. The first-order valence-electron chi connectivity index (χ1n) is 3.82. The molecule has 0 aliphatic heterocycles. The molecule has 0 aliphatic carbocycles. The second-order valence-electron chi connectivity index (χ2n) is 2.97. The van der Waals surface area contributed by atoms with Crippen LogP contribution in [0.3, 0.4) is 0 Å². The van der Waals surface area contributed by atoms with Gasteiger partial charge in [-0.2, -0.15) is 12.6 Å². The van der Waals surface area contributed by atoms with Crippen LogP contribution in [0.2, 0.25) is 0 Å². The molecular weight excluding hydrogens is 168 g/mol. The second-order valence-corrected chi connectivity index (χ2v) is 3.29. The lowest BCUT2D eigenvalue weighted by molar-refractivity contribution is 1.31. The van der Waals surface area contributed by atoms with E-state index < -0.39 is 0 Å². The summed E-state index contributed by atoms with van der Waals surface area (Å²) in [5.41, 5.74) is 16.3. The van der Waals surface area contributed by atoms with Gasteiger partial charge < -0.3 is 11.5 Å². The van der Waals surface area contributed by atoms with Crippen LogP contribution in [-0.2, 0) is 5.75 Å². The van der Waals surface area contributed by atoms with Crippen LogP contribution < -0.4 is 11.5 Å². The Hall–Kier alpha value is -0.830. The van der Waals surface area contributed by atoms with Gasteiger partial charge in [0, 0.05) is 22.7 Å². The van der Waals surface area contributed by atoms with Gasteiger partial charge >= 0.3 is 0 Å². The minimum atomic E-state index is 0.597. The van der Waals surface area contributed by atoms with Crippen LogP contribution in [-0.4, -0.2) is 0 Å². The topological polar surface area (TPSA) is 52.0 Å². The van der Waals surface area contributed by atoms with Crippen molar-refractivity contribution in [3.05, 3.63) is 22.8 Å². The van der Waals surface area contributed by atoms with Crippen molar-refractivity contribution in [1.29, 1.82) is 0 Å². The zero-order valence-corrected chi connectivity index (χ0v) is 8.28. The number of rotatable bonds is 1. The number of aryl methyl sites for hydroxylation is 2. The molecule has 0 spiro atoms. The summed E-state index contributed by atoms with van der Waals surface area (Å²) in [5, 5.41) is 0. The van der Waals surface area contributed by atoms with Crippen LogP contribution >= 0.6 is 12.6 Å². The molecule has 1 aromatic rings. The Kier molecular flexibility index (Phi) is 2.52. The molecule has 3 heteroatoms. The number of hydrogen-bond donors (Lipinski definition) is 3. The Balaban J connectivity index is 3.42. The predicted octanol–water partition coefficient (Wildman–Crippen LogP) is 1.90. The Labute approximate surface area is 78.4 Å². The highest BCUT2D eigenvalue weighted by molar-refractivity contribution is 7.79. The monoisotopic (exact) mass is 182 g/mol. The highest BCUT2D eigenvalue weighted by Gasteiger charge is 2.07. The fourth-order valence-electron chi connectivity index (χ4n) is 1.27. The van der Waals surface area contributed by atoms with E-state index in [-0.39, 0.29) is 0 Å². The van der Waals surface area contributed by atoms with Crippen LogP contribution in [0.25, 0.3) is 0 Å². The molecule has 0 fully saturated rings. The number of benzene rings is 1. The van der Waals surface area contributed by atoms with Crippen molar-refractivity contribution < 1.29 is 0 Å². The Bertz CT molecular complexity index is 282. The summed E-state index contributed by atoms with van der Waals surface area (Å²) in [4.78, 5) is 0. The van der Waals surface area contributed by atoms with Crippen LogP contribution in [0.15, 0.2) is 6.07 Å². The third kappa shape index (κ3) is 1.37. The standard InChI is InChI=1S/C9H14N2S/c1-5-3-6(2)9(11)7(4-12)8(5)10/h3,12H,4,10-11H2,1-2H3. The molecule has 66 valence electrons. The highest BCUT2D eigenvalue weighted by Crippen LogP contribution is 2.27. The Morgan fingerprint density at radius 2 is 1.58 bits per heavy atom. The summed E-state index contributed by atoms with van der Waals surface area (Å²) in [6, 6.07) is 2.00. The first-order valence-corrected chi connectivity index (χ1v) is 4.46. The van der Waals surface area contributed by atoms with Crippen molar-refractivity contribution in [2.24, 2.45) is 0 Å². The molecule has 1 rings (SSSR count). The summed E-state index contributed by atoms with van der Waals surface area (Å²) in [6.45, 7) is 3.96. The van der Waals surface area contributed by atoms with Gasteiger partial charge in [0.05, 0.1) is 0 Å². The molecule has 0 unspecified atom stereocenters. The molecule has 0 radical (unpaired) electrons. The molecular formula is C9H14N2S. The molecule has 4 N–H and O–H groups in total. The first kappa shape index (κ1) is 9.26. The molecule has 0 amide bonds. The van der Waals surface area contributed by atoms with Crippen LogP contribution in [0.4, 0.5) is 11.4 Å². The molecule has 0 saturated carbocycles. The van der Waals surface area contributed by atoms with E-state index in [1.165, 1.54) is 0 Å². The predicted molar refractivity (Wildman–Crippen MR) is 57.4 cm³/mol. The average molecular weight is 182 g/mol. The molecule has 0 heterocycles. The lowest BCUT2D eigenvalue weighted by atomic mass is 10.0. The third-order valence-electron chi connectivity index (χ3n) is 2.09. The lowest BCUT2D eigenvalue weighted by Crippen LogP contribution is -2.02. The summed E-state index contributed by atoms with van der Waals surface area (Å²) >= 11 is 4.18. The van der Waals surface area contributed by atoms with Crippen LogP contribution in [0.1, 0.15) is 16.7 Å². The number of nitrogen functional groups attached to an aromatic ring is 2. The van der Waals surface area contributed by atoms with E-state index >= 15 is 0 Å². The summed E-state index contributed by atoms with van der Waals surface area (Å²) in [7, 11) is 0. The highest BCUT2D eigenvalue weighted by atomic mass is 32.1. The molecule has 1 aromatic carbocycles. The molecule has 0 saturated heterocycles. The van der Waals surface area contributed by atoms with E-state index in [0.29, 0.717) is 5.75 Å². The van der Waals surface area contributed by atoms with Crippen LogP contribution in [0, 0.1) is 13.8 Å². The van der Waals surface area contributed by atoms with Crippen molar-refractivity contribution in [2.45, 2.75) is 19.6 Å². The average Bonchev–Trinajstić information content (AvgIpc) is 2.02.